The fourth-order valence-corrected chi connectivity index (χ4v) is 8.98. The van der Waals surface area contributed by atoms with Gasteiger partial charge in [0.2, 0.25) is 5.91 Å². The Kier molecular flexibility index (Phi) is 37.4. The monoisotopic (exact) mass is 910 g/mol. The maximum atomic E-state index is 13.1. The van der Waals surface area contributed by atoms with Crippen LogP contribution >= 0.6 is 0 Å². The number of rotatable bonds is 44. The van der Waals surface area contributed by atoms with Crippen molar-refractivity contribution in [1.29, 1.82) is 0 Å². The molecule has 0 aromatic rings. The largest absolute Gasteiger partial charge is 0.397 e. The van der Waals surface area contributed by atoms with E-state index in [1.54, 1.807) is 0 Å². The van der Waals surface area contributed by atoms with Gasteiger partial charge in [-0.1, -0.05) is 226 Å². The van der Waals surface area contributed by atoms with Crippen molar-refractivity contribution in [3.05, 3.63) is 0 Å². The Morgan fingerprint density at radius 2 is 0.935 bits per heavy atom. The summed E-state index contributed by atoms with van der Waals surface area (Å²) in [5.74, 6) is -0.665. The zero-order valence-corrected chi connectivity index (χ0v) is 40.1. The Morgan fingerprint density at radius 3 is 1.29 bits per heavy atom. The first kappa shape index (κ1) is 59.1. The third-order valence-electron chi connectivity index (χ3n) is 12.5. The second-order valence-corrected chi connectivity index (χ2v) is 19.3. The van der Waals surface area contributed by atoms with Gasteiger partial charge < -0.3 is 40.3 Å². The molecule has 8 unspecified atom stereocenters. The minimum Gasteiger partial charge on any atom is -0.394 e. The molecule has 8 atom stereocenters. The predicted octanol–water partition coefficient (Wildman–Crippen LogP) is 9.53. The quantitative estimate of drug-likeness (QED) is 0.0225. The number of carbonyl (C=O) groups is 1. The van der Waals surface area contributed by atoms with Crippen LogP contribution in [0.15, 0.2) is 0 Å². The Balaban J connectivity index is 2.41. The number of carbonyl (C=O) groups excluding carboxylic acids is 1. The lowest BCUT2D eigenvalue weighted by molar-refractivity contribution is -0.298. The van der Waals surface area contributed by atoms with Crippen molar-refractivity contribution in [2.24, 2.45) is 0 Å². The normalized spacial score (nSPS) is 20.9. The van der Waals surface area contributed by atoms with Crippen molar-refractivity contribution in [1.82, 2.24) is 5.32 Å². The van der Waals surface area contributed by atoms with Crippen LogP contribution in [0.2, 0.25) is 0 Å². The maximum absolute atomic E-state index is 13.1. The van der Waals surface area contributed by atoms with Crippen LogP contribution in [0.1, 0.15) is 239 Å². The van der Waals surface area contributed by atoms with E-state index in [0.29, 0.717) is 19.3 Å². The summed E-state index contributed by atoms with van der Waals surface area (Å²) >= 11 is 0. The van der Waals surface area contributed by atoms with Crippen LogP contribution in [0.25, 0.3) is 0 Å². The van der Waals surface area contributed by atoms with E-state index < -0.39 is 78.5 Å². The van der Waals surface area contributed by atoms with Crippen LogP contribution in [-0.2, 0) is 28.9 Å². The Hall–Kier alpha value is -0.940. The summed E-state index contributed by atoms with van der Waals surface area (Å²) < 4.78 is 47.6. The summed E-state index contributed by atoms with van der Waals surface area (Å²) in [6, 6.07) is -1.03. The summed E-state index contributed by atoms with van der Waals surface area (Å²) in [6.45, 7) is 3.29. The second-order valence-electron chi connectivity index (χ2n) is 18.3. The van der Waals surface area contributed by atoms with Gasteiger partial charge in [-0.05, 0) is 12.8 Å². The minimum atomic E-state index is -5.11. The Labute approximate surface area is 378 Å². The van der Waals surface area contributed by atoms with E-state index in [9.17, 15) is 43.3 Å². The standard InChI is InChI=1S/C48H95NO12S/c1-3-5-7-9-11-13-15-16-17-18-19-20-21-22-23-24-25-27-29-31-33-35-37-42(52)47(55)49-40(41(51)36-34-32-30-28-26-14-12-10-8-6-4-2)39-59-48-45(54)46(61-62(56,57)58)44(53)43(38-50)60-48/h40-46,48,50-54H,3-39H2,1-2H3,(H,49,55)(H,56,57,58). The second kappa shape index (κ2) is 39.2. The number of unbranched alkanes of at least 4 members (excludes halogenated alkanes) is 31. The number of nitrogens with one attached hydrogen (secondary N) is 1. The SMILES string of the molecule is CCCCCCCCCCCCCCCCCCCCCCCCC(O)C(=O)NC(COC1OC(CO)C(O)C(OS(=O)(=O)O)C1O)C(O)CCCCCCCCCCCCC. The first-order valence-corrected chi connectivity index (χ1v) is 26.9. The summed E-state index contributed by atoms with van der Waals surface area (Å²) in [4.78, 5) is 13.1. The molecule has 1 heterocycles. The van der Waals surface area contributed by atoms with Gasteiger partial charge in [0, 0.05) is 0 Å². The molecule has 1 saturated heterocycles. The molecule has 0 spiro atoms. The number of aliphatic hydroxyl groups excluding tert-OH is 5. The van der Waals surface area contributed by atoms with Crippen LogP contribution < -0.4 is 5.32 Å². The number of amides is 1. The lowest BCUT2D eigenvalue weighted by Crippen LogP contribution is -2.61. The van der Waals surface area contributed by atoms with E-state index in [2.05, 4.69) is 23.3 Å². The van der Waals surface area contributed by atoms with Gasteiger partial charge in [0.15, 0.2) is 6.29 Å². The van der Waals surface area contributed by atoms with Crippen LogP contribution in [-0.4, -0.2) is 107 Å². The summed E-state index contributed by atoms with van der Waals surface area (Å²) in [7, 11) is -5.11. The molecular weight excluding hydrogens is 815 g/mol. The lowest BCUT2D eigenvalue weighted by Gasteiger charge is -2.41. The Morgan fingerprint density at radius 1 is 0.581 bits per heavy atom. The predicted molar refractivity (Wildman–Crippen MR) is 247 cm³/mol. The lowest BCUT2D eigenvalue weighted by atomic mass is 9.99. The fraction of sp³-hybridized carbons (Fsp3) is 0.979. The van der Waals surface area contributed by atoms with Crippen molar-refractivity contribution in [3.8, 4) is 0 Å². The summed E-state index contributed by atoms with van der Waals surface area (Å²) in [5, 5.41) is 55.4. The van der Waals surface area contributed by atoms with Gasteiger partial charge >= 0.3 is 10.4 Å². The highest BCUT2D eigenvalue weighted by molar-refractivity contribution is 7.80. The van der Waals surface area contributed by atoms with Crippen molar-refractivity contribution < 1.29 is 57.0 Å². The topological polar surface area (TPSA) is 212 Å². The van der Waals surface area contributed by atoms with Crippen molar-refractivity contribution in [2.45, 2.75) is 288 Å². The molecule has 0 radical (unpaired) electrons. The van der Waals surface area contributed by atoms with Gasteiger partial charge in [0.1, 0.15) is 30.5 Å². The molecular formula is C48H95NO12S. The number of aliphatic hydroxyl groups is 5. The number of ether oxygens (including phenoxy) is 2. The third kappa shape index (κ3) is 31.1. The molecule has 1 aliphatic heterocycles. The molecule has 1 aliphatic rings. The van der Waals surface area contributed by atoms with E-state index in [0.717, 1.165) is 38.5 Å². The molecule has 0 aliphatic carbocycles. The molecule has 0 saturated carbocycles. The van der Waals surface area contributed by atoms with Crippen LogP contribution in [0.3, 0.4) is 0 Å². The van der Waals surface area contributed by atoms with Gasteiger partial charge in [-0.15, -0.1) is 0 Å². The molecule has 62 heavy (non-hydrogen) atoms. The number of hydrogen-bond acceptors (Lipinski definition) is 11. The van der Waals surface area contributed by atoms with Crippen molar-refractivity contribution >= 4 is 16.3 Å². The van der Waals surface area contributed by atoms with Gasteiger partial charge in [-0.25, -0.2) is 4.18 Å². The molecule has 370 valence electrons. The van der Waals surface area contributed by atoms with E-state index in [4.69, 9.17) is 9.47 Å². The molecule has 0 aromatic carbocycles. The zero-order valence-electron chi connectivity index (χ0n) is 39.3. The zero-order chi connectivity index (χ0) is 45.7. The fourth-order valence-electron chi connectivity index (χ4n) is 8.47. The summed E-state index contributed by atoms with van der Waals surface area (Å²) in [5.41, 5.74) is 0. The molecule has 1 rings (SSSR count). The smallest absolute Gasteiger partial charge is 0.394 e. The molecule has 0 aromatic heterocycles. The highest BCUT2D eigenvalue weighted by Gasteiger charge is 2.48. The van der Waals surface area contributed by atoms with Crippen LogP contribution in [0.5, 0.6) is 0 Å². The average molecular weight is 910 g/mol. The number of hydrogen-bond donors (Lipinski definition) is 7. The Bertz CT molecular complexity index is 1130. The molecule has 14 heteroatoms. The van der Waals surface area contributed by atoms with Gasteiger partial charge in [0.25, 0.3) is 0 Å². The highest BCUT2D eigenvalue weighted by Crippen LogP contribution is 2.26. The van der Waals surface area contributed by atoms with E-state index in [-0.39, 0.29) is 6.42 Å². The highest BCUT2D eigenvalue weighted by atomic mass is 32.3. The van der Waals surface area contributed by atoms with Crippen LogP contribution in [0.4, 0.5) is 0 Å². The van der Waals surface area contributed by atoms with Crippen LogP contribution in [0, 0.1) is 0 Å². The first-order chi connectivity index (χ1) is 29.9. The van der Waals surface area contributed by atoms with Gasteiger partial charge in [0.05, 0.1) is 25.4 Å². The maximum Gasteiger partial charge on any atom is 0.397 e. The van der Waals surface area contributed by atoms with E-state index in [1.807, 2.05) is 0 Å². The summed E-state index contributed by atoms with van der Waals surface area (Å²) in [6.07, 6.45) is 30.1. The molecule has 13 nitrogen and oxygen atoms in total. The van der Waals surface area contributed by atoms with Crippen molar-refractivity contribution in [2.75, 3.05) is 13.2 Å². The first-order valence-electron chi connectivity index (χ1n) is 25.5. The molecule has 7 N–H and O–H groups in total. The van der Waals surface area contributed by atoms with Gasteiger partial charge in [-0.2, -0.15) is 8.42 Å². The average Bonchev–Trinajstić information content (AvgIpc) is 3.24. The van der Waals surface area contributed by atoms with E-state index in [1.165, 1.54) is 161 Å². The third-order valence-corrected chi connectivity index (χ3v) is 13.0. The van der Waals surface area contributed by atoms with E-state index >= 15 is 0 Å². The molecule has 0 bridgehead atoms. The van der Waals surface area contributed by atoms with Crippen molar-refractivity contribution in [3.63, 3.8) is 0 Å². The minimum absolute atomic E-state index is 0.266. The van der Waals surface area contributed by atoms with Gasteiger partial charge in [-0.3, -0.25) is 9.35 Å². The molecule has 1 fully saturated rings. The molecule has 1 amide bonds.